The van der Waals surface area contributed by atoms with Crippen LogP contribution in [0, 0.1) is 6.92 Å². The molecule has 6 nitrogen and oxygen atoms in total. The highest BCUT2D eigenvalue weighted by atomic mass is 32.2. The molecule has 2 aromatic rings. The maximum atomic E-state index is 12.7. The number of hydrogen-bond donors (Lipinski definition) is 2. The number of imidazole rings is 1. The van der Waals surface area contributed by atoms with E-state index in [4.69, 9.17) is 5.73 Å². The van der Waals surface area contributed by atoms with Gasteiger partial charge in [0.05, 0.1) is 11.9 Å². The summed E-state index contributed by atoms with van der Waals surface area (Å²) in [5.41, 5.74) is 7.63. The van der Waals surface area contributed by atoms with Crippen molar-refractivity contribution in [1.29, 1.82) is 0 Å². The molecule has 1 atom stereocenters. The third kappa shape index (κ3) is 2.08. The number of nitrogens with one attached hydrogen (secondary N) is 1. The summed E-state index contributed by atoms with van der Waals surface area (Å²) in [7, 11) is -3.65. The summed E-state index contributed by atoms with van der Waals surface area (Å²) in [6, 6.07) is 7.24. The molecule has 0 saturated heterocycles. The van der Waals surface area contributed by atoms with E-state index in [1.165, 1.54) is 10.5 Å². The van der Waals surface area contributed by atoms with Crippen molar-refractivity contribution < 1.29 is 8.42 Å². The Bertz CT molecular complexity index is 738. The molecule has 3 rings (SSSR count). The van der Waals surface area contributed by atoms with E-state index < -0.39 is 10.0 Å². The zero-order valence-electron chi connectivity index (χ0n) is 11.1. The molecule has 0 fully saturated rings. The summed E-state index contributed by atoms with van der Waals surface area (Å²) >= 11 is 0. The SMILES string of the molecule is Cc1ncc(S(=O)(=O)N2CC(N)Cc3ccccc32)[nH]1. The fraction of sp³-hybridized carbons (Fsp3) is 0.308. The average Bonchev–Trinajstić information content (AvgIpc) is 2.85. The zero-order chi connectivity index (χ0) is 14.3. The topological polar surface area (TPSA) is 92.1 Å². The molecular formula is C13H16N4O2S. The lowest BCUT2D eigenvalue weighted by atomic mass is 10.0. The monoisotopic (exact) mass is 292 g/mol. The number of sulfonamides is 1. The fourth-order valence-corrected chi connectivity index (χ4v) is 3.99. The number of aromatic amines is 1. The van der Waals surface area contributed by atoms with E-state index in [-0.39, 0.29) is 17.6 Å². The molecule has 0 amide bonds. The first-order chi connectivity index (χ1) is 9.48. The number of H-pyrrole nitrogens is 1. The molecule has 1 aromatic carbocycles. The van der Waals surface area contributed by atoms with Crippen LogP contribution in [-0.2, 0) is 16.4 Å². The van der Waals surface area contributed by atoms with E-state index in [0.29, 0.717) is 17.9 Å². The van der Waals surface area contributed by atoms with E-state index >= 15 is 0 Å². The Morgan fingerprint density at radius 3 is 2.85 bits per heavy atom. The summed E-state index contributed by atoms with van der Waals surface area (Å²) < 4.78 is 26.8. The van der Waals surface area contributed by atoms with Crippen LogP contribution in [0.1, 0.15) is 11.4 Å². The van der Waals surface area contributed by atoms with Gasteiger partial charge in [0.25, 0.3) is 10.0 Å². The quantitative estimate of drug-likeness (QED) is 0.856. The minimum atomic E-state index is -3.65. The van der Waals surface area contributed by atoms with Gasteiger partial charge in [0.15, 0.2) is 5.03 Å². The van der Waals surface area contributed by atoms with Crippen LogP contribution in [0.15, 0.2) is 35.5 Å². The van der Waals surface area contributed by atoms with Crippen LogP contribution in [0.3, 0.4) is 0 Å². The second-order valence-electron chi connectivity index (χ2n) is 4.96. The van der Waals surface area contributed by atoms with Gasteiger partial charge in [0.2, 0.25) is 0 Å². The summed E-state index contributed by atoms with van der Waals surface area (Å²) in [5, 5.41) is 0.0962. The van der Waals surface area contributed by atoms with Crippen molar-refractivity contribution in [2.45, 2.75) is 24.4 Å². The number of rotatable bonds is 2. The molecule has 0 spiro atoms. The average molecular weight is 292 g/mol. The van der Waals surface area contributed by atoms with Gasteiger partial charge in [0.1, 0.15) is 5.82 Å². The van der Waals surface area contributed by atoms with Crippen LogP contribution in [0.4, 0.5) is 5.69 Å². The largest absolute Gasteiger partial charge is 0.332 e. The van der Waals surface area contributed by atoms with E-state index in [1.54, 1.807) is 6.92 Å². The summed E-state index contributed by atoms with van der Waals surface area (Å²) in [6.07, 6.45) is 2.03. The second kappa shape index (κ2) is 4.60. The molecular weight excluding hydrogens is 276 g/mol. The van der Waals surface area contributed by atoms with Crippen LogP contribution < -0.4 is 10.0 Å². The Balaban J connectivity index is 2.10. The fourth-order valence-electron chi connectivity index (χ4n) is 2.46. The van der Waals surface area contributed by atoms with Gasteiger partial charge in [-0.1, -0.05) is 18.2 Å². The molecule has 1 aromatic heterocycles. The minimum absolute atomic E-state index is 0.0962. The summed E-state index contributed by atoms with van der Waals surface area (Å²) in [4.78, 5) is 6.74. The van der Waals surface area contributed by atoms with Crippen molar-refractivity contribution in [1.82, 2.24) is 9.97 Å². The third-order valence-corrected chi connectivity index (χ3v) is 5.08. The number of nitrogens with zero attached hydrogens (tertiary/aromatic N) is 2. The van der Waals surface area contributed by atoms with Crippen molar-refractivity contribution in [3.63, 3.8) is 0 Å². The molecule has 0 radical (unpaired) electrons. The first-order valence-electron chi connectivity index (χ1n) is 6.36. The molecule has 3 N–H and O–H groups in total. The molecule has 0 saturated carbocycles. The van der Waals surface area contributed by atoms with Crippen LogP contribution >= 0.6 is 0 Å². The van der Waals surface area contributed by atoms with Crippen molar-refractivity contribution in [2.24, 2.45) is 5.73 Å². The number of fused-ring (bicyclic) bond motifs is 1. The molecule has 0 aliphatic carbocycles. The van der Waals surface area contributed by atoms with E-state index in [2.05, 4.69) is 9.97 Å². The number of anilines is 1. The van der Waals surface area contributed by atoms with E-state index in [0.717, 1.165) is 5.56 Å². The molecule has 20 heavy (non-hydrogen) atoms. The Labute approximate surface area is 117 Å². The maximum Gasteiger partial charge on any atom is 0.281 e. The normalized spacial score (nSPS) is 18.9. The molecule has 1 aliphatic rings. The number of benzene rings is 1. The number of hydrogen-bond acceptors (Lipinski definition) is 4. The van der Waals surface area contributed by atoms with Crippen molar-refractivity contribution in [2.75, 3.05) is 10.8 Å². The van der Waals surface area contributed by atoms with Crippen LogP contribution in [0.2, 0.25) is 0 Å². The van der Waals surface area contributed by atoms with Gasteiger partial charge in [-0.2, -0.15) is 8.42 Å². The highest BCUT2D eigenvalue weighted by Crippen LogP contribution is 2.30. The Morgan fingerprint density at radius 1 is 1.40 bits per heavy atom. The Morgan fingerprint density at radius 2 is 2.15 bits per heavy atom. The lowest BCUT2D eigenvalue weighted by Gasteiger charge is -2.33. The van der Waals surface area contributed by atoms with E-state index in [1.807, 2.05) is 24.3 Å². The van der Waals surface area contributed by atoms with Crippen LogP contribution in [-0.4, -0.2) is 31.0 Å². The number of aromatic nitrogens is 2. The minimum Gasteiger partial charge on any atom is -0.332 e. The summed E-state index contributed by atoms with van der Waals surface area (Å²) in [5.74, 6) is 0.568. The van der Waals surface area contributed by atoms with Crippen molar-refractivity contribution >= 4 is 15.7 Å². The lowest BCUT2D eigenvalue weighted by molar-refractivity contribution is 0.572. The van der Waals surface area contributed by atoms with Gasteiger partial charge < -0.3 is 10.7 Å². The van der Waals surface area contributed by atoms with Gasteiger partial charge in [0, 0.05) is 12.6 Å². The second-order valence-corrected chi connectivity index (χ2v) is 6.79. The molecule has 0 bridgehead atoms. The number of para-hydroxylation sites is 1. The highest BCUT2D eigenvalue weighted by Gasteiger charge is 2.32. The first-order valence-corrected chi connectivity index (χ1v) is 7.80. The standard InChI is InChI=1S/C13H16N4O2S/c1-9-15-7-13(16-9)20(18,19)17-8-11(14)6-10-4-2-3-5-12(10)17/h2-5,7,11H,6,8,14H2,1H3,(H,15,16). The van der Waals surface area contributed by atoms with Gasteiger partial charge in [-0.3, -0.25) is 4.31 Å². The van der Waals surface area contributed by atoms with Crippen LogP contribution in [0.25, 0.3) is 0 Å². The van der Waals surface area contributed by atoms with Crippen molar-refractivity contribution in [3.8, 4) is 0 Å². The smallest absolute Gasteiger partial charge is 0.281 e. The van der Waals surface area contributed by atoms with Crippen LogP contribution in [0.5, 0.6) is 0 Å². The predicted octanol–water partition coefficient (Wildman–Crippen LogP) is 0.797. The summed E-state index contributed by atoms with van der Waals surface area (Å²) in [6.45, 7) is 1.99. The molecule has 106 valence electrons. The molecule has 1 unspecified atom stereocenters. The van der Waals surface area contributed by atoms with E-state index in [9.17, 15) is 8.42 Å². The highest BCUT2D eigenvalue weighted by molar-refractivity contribution is 7.92. The number of nitrogens with two attached hydrogens (primary N) is 1. The number of aryl methyl sites for hydroxylation is 1. The first kappa shape index (κ1) is 13.1. The van der Waals surface area contributed by atoms with Crippen molar-refractivity contribution in [3.05, 3.63) is 41.9 Å². The molecule has 1 aliphatic heterocycles. The van der Waals surface area contributed by atoms with Gasteiger partial charge >= 0.3 is 0 Å². The zero-order valence-corrected chi connectivity index (χ0v) is 11.9. The predicted molar refractivity (Wildman–Crippen MR) is 76.0 cm³/mol. The molecule has 7 heteroatoms. The van der Waals surface area contributed by atoms with Gasteiger partial charge in [-0.15, -0.1) is 0 Å². The Hall–Kier alpha value is -1.86. The van der Waals surface area contributed by atoms with Gasteiger partial charge in [-0.25, -0.2) is 4.98 Å². The lowest BCUT2D eigenvalue weighted by Crippen LogP contribution is -2.46. The Kier molecular flexibility index (Phi) is 3.02. The third-order valence-electron chi connectivity index (χ3n) is 3.39. The molecule has 2 heterocycles. The maximum absolute atomic E-state index is 12.7. The van der Waals surface area contributed by atoms with Gasteiger partial charge in [-0.05, 0) is 25.0 Å².